The highest BCUT2D eigenvalue weighted by Gasteiger charge is 2.13. The average Bonchev–Trinajstić information content (AvgIpc) is 3.42. The minimum atomic E-state index is 0.573. The van der Waals surface area contributed by atoms with Crippen LogP contribution in [0.15, 0.2) is 52.2 Å². The van der Waals surface area contributed by atoms with E-state index in [1.54, 1.807) is 6.20 Å². The van der Waals surface area contributed by atoms with Crippen molar-refractivity contribution in [2.75, 3.05) is 13.1 Å². The van der Waals surface area contributed by atoms with Gasteiger partial charge in [-0.05, 0) is 43.5 Å². The zero-order valence-corrected chi connectivity index (χ0v) is 17.5. The van der Waals surface area contributed by atoms with Crippen LogP contribution in [0, 0.1) is 0 Å². The SMILES string of the molecule is CCNC(=NCc1c(CC)noc1CC)NCCc1ccc(-n2cccn2)cc1. The third-order valence-electron chi connectivity index (χ3n) is 4.76. The first kappa shape index (κ1) is 20.6. The molecule has 0 amide bonds. The molecular formula is C22H30N6O. The number of nitrogens with zero attached hydrogens (tertiary/aromatic N) is 4. The molecule has 0 unspecified atom stereocenters. The van der Waals surface area contributed by atoms with Crippen LogP contribution in [0.4, 0.5) is 0 Å². The van der Waals surface area contributed by atoms with Gasteiger partial charge in [-0.15, -0.1) is 0 Å². The smallest absolute Gasteiger partial charge is 0.191 e. The van der Waals surface area contributed by atoms with E-state index in [9.17, 15) is 0 Å². The fraction of sp³-hybridized carbons (Fsp3) is 0.409. The quantitative estimate of drug-likeness (QED) is 0.430. The summed E-state index contributed by atoms with van der Waals surface area (Å²) in [6, 6.07) is 10.4. The molecule has 0 aliphatic rings. The van der Waals surface area contributed by atoms with E-state index in [1.807, 2.05) is 16.9 Å². The highest BCUT2D eigenvalue weighted by atomic mass is 16.5. The monoisotopic (exact) mass is 394 g/mol. The van der Waals surface area contributed by atoms with Gasteiger partial charge in [-0.2, -0.15) is 5.10 Å². The lowest BCUT2D eigenvalue weighted by Crippen LogP contribution is -2.38. The summed E-state index contributed by atoms with van der Waals surface area (Å²) in [5, 5.41) is 15.2. The maximum absolute atomic E-state index is 5.44. The molecule has 2 aromatic heterocycles. The van der Waals surface area contributed by atoms with Gasteiger partial charge in [0.2, 0.25) is 0 Å². The van der Waals surface area contributed by atoms with E-state index in [-0.39, 0.29) is 0 Å². The number of hydrogen-bond donors (Lipinski definition) is 2. The van der Waals surface area contributed by atoms with Gasteiger partial charge in [0, 0.05) is 37.5 Å². The van der Waals surface area contributed by atoms with Crippen molar-refractivity contribution < 1.29 is 4.52 Å². The topological polar surface area (TPSA) is 80.3 Å². The summed E-state index contributed by atoms with van der Waals surface area (Å²) in [4.78, 5) is 4.74. The molecule has 0 radical (unpaired) electrons. The Balaban J connectivity index is 1.57. The van der Waals surface area contributed by atoms with Crippen LogP contribution in [0.5, 0.6) is 0 Å². The van der Waals surface area contributed by atoms with Gasteiger partial charge in [0.05, 0.1) is 17.9 Å². The van der Waals surface area contributed by atoms with Crippen molar-refractivity contribution in [1.82, 2.24) is 25.6 Å². The Labute approximate surface area is 172 Å². The highest BCUT2D eigenvalue weighted by Crippen LogP contribution is 2.16. The summed E-state index contributed by atoms with van der Waals surface area (Å²) in [5.41, 5.74) is 4.44. The standard InChI is InChI=1S/C22H30N6O/c1-4-20-19(21(5-2)29-27-20)16-25-22(23-6-3)24-14-12-17-8-10-18(11-9-17)28-15-7-13-26-28/h7-11,13,15H,4-6,12,14,16H2,1-3H3,(H2,23,24,25). The van der Waals surface area contributed by atoms with Crippen molar-refractivity contribution in [2.45, 2.75) is 46.6 Å². The number of aromatic nitrogens is 3. The average molecular weight is 395 g/mol. The van der Waals surface area contributed by atoms with Gasteiger partial charge in [-0.25, -0.2) is 9.67 Å². The van der Waals surface area contributed by atoms with Crippen LogP contribution in [0.25, 0.3) is 5.69 Å². The van der Waals surface area contributed by atoms with E-state index in [0.717, 1.165) is 61.0 Å². The molecule has 0 aliphatic carbocycles. The van der Waals surface area contributed by atoms with Crippen LogP contribution in [-0.4, -0.2) is 34.0 Å². The molecule has 3 rings (SSSR count). The van der Waals surface area contributed by atoms with E-state index in [2.05, 4.69) is 65.9 Å². The van der Waals surface area contributed by atoms with Crippen molar-refractivity contribution in [3.8, 4) is 5.69 Å². The molecule has 2 N–H and O–H groups in total. The Morgan fingerprint density at radius 2 is 1.93 bits per heavy atom. The molecule has 2 heterocycles. The van der Waals surface area contributed by atoms with Gasteiger partial charge in [0.15, 0.2) is 5.96 Å². The molecule has 0 bridgehead atoms. The molecule has 29 heavy (non-hydrogen) atoms. The molecule has 7 nitrogen and oxygen atoms in total. The Morgan fingerprint density at radius 3 is 2.59 bits per heavy atom. The summed E-state index contributed by atoms with van der Waals surface area (Å²) in [6.07, 6.45) is 6.33. The van der Waals surface area contributed by atoms with Crippen LogP contribution >= 0.6 is 0 Å². The van der Waals surface area contributed by atoms with E-state index >= 15 is 0 Å². The molecule has 0 atom stereocenters. The number of nitrogens with one attached hydrogen (secondary N) is 2. The minimum Gasteiger partial charge on any atom is -0.361 e. The van der Waals surface area contributed by atoms with Crippen molar-refractivity contribution in [2.24, 2.45) is 4.99 Å². The minimum absolute atomic E-state index is 0.573. The second kappa shape index (κ2) is 10.5. The molecular weight excluding hydrogens is 364 g/mol. The van der Waals surface area contributed by atoms with Crippen LogP contribution in [0.1, 0.15) is 43.4 Å². The number of rotatable bonds is 9. The van der Waals surface area contributed by atoms with Crippen molar-refractivity contribution >= 4 is 5.96 Å². The fourth-order valence-corrected chi connectivity index (χ4v) is 3.18. The lowest BCUT2D eigenvalue weighted by molar-refractivity contribution is 0.380. The number of guanidine groups is 1. The van der Waals surface area contributed by atoms with Gasteiger partial charge in [-0.3, -0.25) is 0 Å². The van der Waals surface area contributed by atoms with Gasteiger partial charge < -0.3 is 15.2 Å². The Bertz CT molecular complexity index is 875. The molecule has 0 saturated carbocycles. The highest BCUT2D eigenvalue weighted by molar-refractivity contribution is 5.79. The molecule has 0 aliphatic heterocycles. The third-order valence-corrected chi connectivity index (χ3v) is 4.76. The molecule has 0 fully saturated rings. The van der Waals surface area contributed by atoms with Gasteiger partial charge >= 0.3 is 0 Å². The van der Waals surface area contributed by atoms with Crippen LogP contribution in [0.2, 0.25) is 0 Å². The molecule has 1 aromatic carbocycles. The van der Waals surface area contributed by atoms with E-state index < -0.39 is 0 Å². The maximum Gasteiger partial charge on any atom is 0.191 e. The van der Waals surface area contributed by atoms with E-state index in [0.29, 0.717) is 6.54 Å². The first-order valence-electron chi connectivity index (χ1n) is 10.3. The predicted octanol–water partition coefficient (Wildman–Crippen LogP) is 3.28. The van der Waals surface area contributed by atoms with E-state index in [1.165, 1.54) is 5.56 Å². The molecule has 154 valence electrons. The van der Waals surface area contributed by atoms with Crippen LogP contribution in [-0.2, 0) is 25.8 Å². The fourth-order valence-electron chi connectivity index (χ4n) is 3.18. The van der Waals surface area contributed by atoms with Gasteiger partial charge in [0.1, 0.15) is 5.76 Å². The number of benzene rings is 1. The Kier molecular flexibility index (Phi) is 7.44. The summed E-state index contributed by atoms with van der Waals surface area (Å²) >= 11 is 0. The molecule has 3 aromatic rings. The van der Waals surface area contributed by atoms with E-state index in [4.69, 9.17) is 9.52 Å². The van der Waals surface area contributed by atoms with Crippen molar-refractivity contribution in [1.29, 1.82) is 0 Å². The summed E-state index contributed by atoms with van der Waals surface area (Å²) in [6.45, 7) is 8.43. The second-order valence-electron chi connectivity index (χ2n) is 6.73. The zero-order chi connectivity index (χ0) is 20.5. The van der Waals surface area contributed by atoms with Gasteiger partial charge in [0.25, 0.3) is 0 Å². The number of hydrogen-bond acceptors (Lipinski definition) is 4. The summed E-state index contributed by atoms with van der Waals surface area (Å²) < 4.78 is 7.30. The molecule has 0 spiro atoms. The maximum atomic E-state index is 5.44. The first-order chi connectivity index (χ1) is 14.2. The Morgan fingerprint density at radius 1 is 1.10 bits per heavy atom. The van der Waals surface area contributed by atoms with Crippen molar-refractivity contribution in [3.63, 3.8) is 0 Å². The lowest BCUT2D eigenvalue weighted by Gasteiger charge is -2.12. The summed E-state index contributed by atoms with van der Waals surface area (Å²) in [5.74, 6) is 1.74. The second-order valence-corrected chi connectivity index (χ2v) is 6.73. The number of aliphatic imine (C=N–C) groups is 1. The van der Waals surface area contributed by atoms with Crippen LogP contribution < -0.4 is 10.6 Å². The number of aryl methyl sites for hydroxylation is 2. The molecule has 7 heteroatoms. The largest absolute Gasteiger partial charge is 0.361 e. The summed E-state index contributed by atoms with van der Waals surface area (Å²) in [7, 11) is 0. The van der Waals surface area contributed by atoms with Gasteiger partial charge in [-0.1, -0.05) is 31.1 Å². The predicted molar refractivity (Wildman–Crippen MR) is 115 cm³/mol. The Hall–Kier alpha value is -3.09. The first-order valence-corrected chi connectivity index (χ1v) is 10.3. The van der Waals surface area contributed by atoms with Crippen LogP contribution in [0.3, 0.4) is 0 Å². The molecule has 0 saturated heterocycles. The normalized spacial score (nSPS) is 11.6. The third kappa shape index (κ3) is 5.47. The lowest BCUT2D eigenvalue weighted by atomic mass is 10.1. The van der Waals surface area contributed by atoms with Crippen molar-refractivity contribution in [3.05, 3.63) is 65.3 Å². The zero-order valence-electron chi connectivity index (χ0n) is 17.5.